The lowest BCUT2D eigenvalue weighted by Crippen LogP contribution is -2.44. The summed E-state index contributed by atoms with van der Waals surface area (Å²) in [5.41, 5.74) is 1.38. The first kappa shape index (κ1) is 18.0. The first-order valence-electron chi connectivity index (χ1n) is 10.1. The van der Waals surface area contributed by atoms with E-state index in [-0.39, 0.29) is 0 Å². The molecule has 5 nitrogen and oxygen atoms in total. The van der Waals surface area contributed by atoms with E-state index in [0.717, 1.165) is 59.0 Å². The summed E-state index contributed by atoms with van der Waals surface area (Å²) < 4.78 is 5.39. The van der Waals surface area contributed by atoms with Crippen LogP contribution in [0, 0.1) is 5.92 Å². The molecule has 0 saturated carbocycles. The number of rotatable bonds is 5. The molecule has 1 amide bonds. The Hall–Kier alpha value is -1.43. The molecule has 26 heavy (non-hydrogen) atoms. The van der Waals surface area contributed by atoms with Crippen LogP contribution < -0.4 is 0 Å². The summed E-state index contributed by atoms with van der Waals surface area (Å²) in [5.74, 6) is 0.972. The Bertz CT molecular complexity index is 588. The van der Waals surface area contributed by atoms with Crippen molar-refractivity contribution in [1.82, 2.24) is 14.7 Å². The summed E-state index contributed by atoms with van der Waals surface area (Å²) in [4.78, 5) is 20.0. The zero-order valence-electron chi connectivity index (χ0n) is 15.7. The second-order valence-electron chi connectivity index (χ2n) is 8.01. The van der Waals surface area contributed by atoms with E-state index in [0.29, 0.717) is 24.3 Å². The molecule has 4 heterocycles. The van der Waals surface area contributed by atoms with Crippen LogP contribution >= 0.6 is 0 Å². The average Bonchev–Trinajstić information content (AvgIpc) is 3.00. The van der Waals surface area contributed by atoms with E-state index in [9.17, 15) is 4.79 Å². The molecular weight excluding hydrogens is 326 g/mol. The fourth-order valence-corrected chi connectivity index (χ4v) is 4.63. The molecule has 0 N–H and O–H groups in total. The smallest absolute Gasteiger partial charge is 0.223 e. The fourth-order valence-electron chi connectivity index (χ4n) is 4.63. The summed E-state index contributed by atoms with van der Waals surface area (Å²) in [6, 6.07) is 11.3. The zero-order valence-corrected chi connectivity index (χ0v) is 15.7. The topological polar surface area (TPSA) is 36.0 Å². The number of carbonyl (C=O) groups excluding carboxylic acids is 1. The van der Waals surface area contributed by atoms with Gasteiger partial charge in [0.05, 0.1) is 13.2 Å². The molecule has 4 aliphatic rings. The second-order valence-corrected chi connectivity index (χ2v) is 8.01. The third kappa shape index (κ3) is 4.45. The highest BCUT2D eigenvalue weighted by molar-refractivity contribution is 5.76. The van der Waals surface area contributed by atoms with E-state index in [1.807, 2.05) is 0 Å². The maximum absolute atomic E-state index is 12.8. The summed E-state index contributed by atoms with van der Waals surface area (Å²) in [6.45, 7) is 8.40. The van der Waals surface area contributed by atoms with Crippen molar-refractivity contribution in [2.75, 3.05) is 52.5 Å². The maximum Gasteiger partial charge on any atom is 0.223 e. The molecule has 4 aliphatic heterocycles. The van der Waals surface area contributed by atoms with E-state index in [1.165, 1.54) is 18.4 Å². The zero-order chi connectivity index (χ0) is 17.8. The number of nitrogens with zero attached hydrogens (tertiary/aromatic N) is 3. The van der Waals surface area contributed by atoms with Crippen molar-refractivity contribution in [1.29, 1.82) is 0 Å². The van der Waals surface area contributed by atoms with Crippen molar-refractivity contribution in [3.8, 4) is 0 Å². The Morgan fingerprint density at radius 3 is 2.65 bits per heavy atom. The van der Waals surface area contributed by atoms with Gasteiger partial charge < -0.3 is 9.64 Å². The van der Waals surface area contributed by atoms with Gasteiger partial charge in [0.2, 0.25) is 5.91 Å². The van der Waals surface area contributed by atoms with Gasteiger partial charge in [0.15, 0.2) is 0 Å². The van der Waals surface area contributed by atoms with Crippen LogP contribution in [0.3, 0.4) is 0 Å². The lowest BCUT2D eigenvalue weighted by Gasteiger charge is -2.36. The second kappa shape index (κ2) is 8.51. The molecule has 0 spiro atoms. The summed E-state index contributed by atoms with van der Waals surface area (Å²) in [7, 11) is 0. The van der Waals surface area contributed by atoms with Gasteiger partial charge in [-0.25, -0.2) is 0 Å². The number of hydrogen-bond acceptors (Lipinski definition) is 4. The lowest BCUT2D eigenvalue weighted by molar-refractivity contribution is -0.132. The van der Waals surface area contributed by atoms with Crippen molar-refractivity contribution in [3.63, 3.8) is 0 Å². The standard InChI is InChI=1S/C21H31N3O2/c25-21(8-9-22-10-12-26-13-11-22)24-16-19-6-7-20(17-24)23(15-19)14-18-4-2-1-3-5-18/h1-5,19-20H,6-17H2. The molecule has 4 fully saturated rings. The molecule has 5 rings (SSSR count). The van der Waals surface area contributed by atoms with Gasteiger partial charge in [0.25, 0.3) is 0 Å². The van der Waals surface area contributed by atoms with Gasteiger partial charge in [-0.2, -0.15) is 0 Å². The number of morpholine rings is 1. The molecule has 0 radical (unpaired) electrons. The molecule has 2 bridgehead atoms. The first-order chi connectivity index (χ1) is 12.8. The molecule has 4 saturated heterocycles. The Balaban J connectivity index is 1.32. The van der Waals surface area contributed by atoms with Crippen LogP contribution in [0.25, 0.3) is 0 Å². The largest absolute Gasteiger partial charge is 0.379 e. The lowest BCUT2D eigenvalue weighted by atomic mass is 9.94. The predicted octanol–water partition coefficient (Wildman–Crippen LogP) is 1.83. The molecule has 1 aromatic carbocycles. The SMILES string of the molecule is O=C(CCN1CCOCC1)N1CC2CCC(C1)N(Cc1ccccc1)C2. The molecule has 0 aromatic heterocycles. The van der Waals surface area contributed by atoms with Gasteiger partial charge in [-0.05, 0) is 24.3 Å². The number of ether oxygens (including phenoxy) is 1. The number of fused-ring (bicyclic) bond motifs is 4. The molecule has 5 heteroatoms. The molecule has 142 valence electrons. The van der Waals surface area contributed by atoms with Crippen molar-refractivity contribution in [2.45, 2.75) is 31.8 Å². The highest BCUT2D eigenvalue weighted by atomic mass is 16.5. The third-order valence-electron chi connectivity index (χ3n) is 6.15. The predicted molar refractivity (Wildman–Crippen MR) is 102 cm³/mol. The number of hydrogen-bond donors (Lipinski definition) is 0. The van der Waals surface area contributed by atoms with E-state index < -0.39 is 0 Å². The molecule has 2 unspecified atom stereocenters. The normalized spacial score (nSPS) is 27.5. The quantitative estimate of drug-likeness (QED) is 0.806. The third-order valence-corrected chi connectivity index (χ3v) is 6.15. The van der Waals surface area contributed by atoms with Crippen LogP contribution in [0.5, 0.6) is 0 Å². The van der Waals surface area contributed by atoms with Crippen molar-refractivity contribution < 1.29 is 9.53 Å². The molecule has 1 aromatic rings. The van der Waals surface area contributed by atoms with Gasteiger partial charge in [-0.3, -0.25) is 14.6 Å². The fraction of sp³-hybridized carbons (Fsp3) is 0.667. The Morgan fingerprint density at radius 2 is 1.85 bits per heavy atom. The minimum atomic E-state index is 0.343. The molecule has 2 atom stereocenters. The van der Waals surface area contributed by atoms with E-state index in [4.69, 9.17) is 4.74 Å². The van der Waals surface area contributed by atoms with Crippen LogP contribution in [0.2, 0.25) is 0 Å². The van der Waals surface area contributed by atoms with Gasteiger partial charge in [0, 0.05) is 58.3 Å². The average molecular weight is 357 g/mol. The number of benzene rings is 1. The summed E-state index contributed by atoms with van der Waals surface area (Å²) >= 11 is 0. The molecular formula is C21H31N3O2. The highest BCUT2D eigenvalue weighted by Gasteiger charge is 2.36. The maximum atomic E-state index is 12.8. The Morgan fingerprint density at radius 1 is 1.04 bits per heavy atom. The van der Waals surface area contributed by atoms with Crippen molar-refractivity contribution >= 4 is 5.91 Å². The van der Waals surface area contributed by atoms with Crippen LogP contribution in [0.15, 0.2) is 30.3 Å². The monoisotopic (exact) mass is 357 g/mol. The van der Waals surface area contributed by atoms with Crippen molar-refractivity contribution in [3.05, 3.63) is 35.9 Å². The highest BCUT2D eigenvalue weighted by Crippen LogP contribution is 2.29. The van der Waals surface area contributed by atoms with Gasteiger partial charge in [0.1, 0.15) is 0 Å². The van der Waals surface area contributed by atoms with Crippen molar-refractivity contribution in [2.24, 2.45) is 5.92 Å². The van der Waals surface area contributed by atoms with E-state index >= 15 is 0 Å². The Kier molecular flexibility index (Phi) is 5.88. The number of carbonyl (C=O) groups is 1. The molecule has 0 aliphatic carbocycles. The Labute approximate surface area is 156 Å². The van der Waals surface area contributed by atoms with Gasteiger partial charge >= 0.3 is 0 Å². The summed E-state index contributed by atoms with van der Waals surface area (Å²) in [6.07, 6.45) is 3.14. The minimum absolute atomic E-state index is 0.343. The van der Waals surface area contributed by atoms with Crippen LogP contribution in [0.4, 0.5) is 0 Å². The first-order valence-corrected chi connectivity index (χ1v) is 10.1. The number of amides is 1. The van der Waals surface area contributed by atoms with Crippen LogP contribution in [-0.2, 0) is 16.1 Å². The summed E-state index contributed by atoms with van der Waals surface area (Å²) in [5, 5.41) is 0. The minimum Gasteiger partial charge on any atom is -0.379 e. The van der Waals surface area contributed by atoms with E-state index in [2.05, 4.69) is 45.0 Å². The number of piperidine rings is 1. The van der Waals surface area contributed by atoms with Gasteiger partial charge in [-0.1, -0.05) is 30.3 Å². The van der Waals surface area contributed by atoms with E-state index in [1.54, 1.807) is 0 Å². The van der Waals surface area contributed by atoms with Gasteiger partial charge in [-0.15, -0.1) is 0 Å². The van der Waals surface area contributed by atoms with Crippen LogP contribution in [-0.4, -0.2) is 79.1 Å². The van der Waals surface area contributed by atoms with Crippen LogP contribution in [0.1, 0.15) is 24.8 Å².